The summed E-state index contributed by atoms with van der Waals surface area (Å²) >= 11 is 0. The van der Waals surface area contributed by atoms with E-state index in [0.717, 1.165) is 49.4 Å². The van der Waals surface area contributed by atoms with Gasteiger partial charge in [0.15, 0.2) is 5.78 Å². The molecule has 0 radical (unpaired) electrons. The Hall–Kier alpha value is -0.930. The van der Waals surface area contributed by atoms with Crippen LogP contribution in [0.4, 0.5) is 0 Å². The van der Waals surface area contributed by atoms with Gasteiger partial charge < -0.3 is 10.2 Å². The number of carbonyl (C=O) groups excluding carboxylic acids is 1. The summed E-state index contributed by atoms with van der Waals surface area (Å²) in [6.45, 7) is 5.00. The molecule has 166 valence electrons. The highest BCUT2D eigenvalue weighted by molar-refractivity contribution is 5.96. The highest BCUT2D eigenvalue weighted by Gasteiger charge is 2.58. The van der Waals surface area contributed by atoms with Crippen molar-refractivity contribution < 1.29 is 15.0 Å². The van der Waals surface area contributed by atoms with Crippen molar-refractivity contribution in [2.75, 3.05) is 6.61 Å². The number of hydrogen-bond donors (Lipinski definition) is 2. The Balaban J connectivity index is 1.32. The maximum Gasteiger partial charge on any atom is 0.161 e. The van der Waals surface area contributed by atoms with E-state index in [-0.39, 0.29) is 18.5 Å². The Morgan fingerprint density at radius 1 is 1.00 bits per heavy atom. The van der Waals surface area contributed by atoms with Gasteiger partial charge in [-0.25, -0.2) is 0 Å². The Labute approximate surface area is 182 Å². The summed E-state index contributed by atoms with van der Waals surface area (Å²) in [6.07, 6.45) is 16.9. The number of aliphatic hydroxyl groups is 2. The molecule has 0 heterocycles. The molecular formula is C27H40O3. The molecule has 0 aromatic carbocycles. The van der Waals surface area contributed by atoms with Crippen LogP contribution in [0.2, 0.25) is 0 Å². The van der Waals surface area contributed by atoms with Gasteiger partial charge in [-0.2, -0.15) is 0 Å². The van der Waals surface area contributed by atoms with E-state index in [1.54, 1.807) is 5.57 Å². The average Bonchev–Trinajstić information content (AvgIpc) is 3.05. The molecule has 0 aromatic heterocycles. The normalized spacial score (nSPS) is 48.3. The molecule has 0 bridgehead atoms. The first-order chi connectivity index (χ1) is 14.3. The number of fused-ring (bicyclic) bond motifs is 5. The summed E-state index contributed by atoms with van der Waals surface area (Å²) in [5.41, 5.74) is 2.95. The lowest BCUT2D eigenvalue weighted by Gasteiger charge is -2.58. The molecule has 30 heavy (non-hydrogen) atoms. The SMILES string of the molecule is C[C@]12CCC3C(CC=C4CC(O)CC[C@@]43C)C1CCC2CC1CC=C(CO)C(=O)C1. The molecular weight excluding hydrogens is 372 g/mol. The minimum atomic E-state index is -0.121. The van der Waals surface area contributed by atoms with Gasteiger partial charge in [0.25, 0.3) is 0 Å². The summed E-state index contributed by atoms with van der Waals surface area (Å²) in [5.74, 6) is 3.83. The van der Waals surface area contributed by atoms with Crippen LogP contribution in [0.15, 0.2) is 23.3 Å². The van der Waals surface area contributed by atoms with Crippen LogP contribution in [-0.4, -0.2) is 28.7 Å². The van der Waals surface area contributed by atoms with Gasteiger partial charge in [-0.3, -0.25) is 4.79 Å². The van der Waals surface area contributed by atoms with Crippen LogP contribution in [0.25, 0.3) is 0 Å². The van der Waals surface area contributed by atoms with E-state index >= 15 is 0 Å². The zero-order valence-electron chi connectivity index (χ0n) is 18.9. The number of hydrogen-bond acceptors (Lipinski definition) is 3. The van der Waals surface area contributed by atoms with Crippen LogP contribution in [0.3, 0.4) is 0 Å². The van der Waals surface area contributed by atoms with Gasteiger partial charge in [-0.1, -0.05) is 31.6 Å². The zero-order chi connectivity index (χ0) is 21.1. The summed E-state index contributed by atoms with van der Waals surface area (Å²) in [6, 6.07) is 0. The van der Waals surface area contributed by atoms with E-state index in [9.17, 15) is 15.0 Å². The topological polar surface area (TPSA) is 57.5 Å². The quantitative estimate of drug-likeness (QED) is 0.625. The Kier molecular flexibility index (Phi) is 5.30. The first-order valence-corrected chi connectivity index (χ1v) is 12.6. The van der Waals surface area contributed by atoms with Crippen LogP contribution in [0.1, 0.15) is 84.5 Å². The smallest absolute Gasteiger partial charge is 0.161 e. The van der Waals surface area contributed by atoms with Crippen LogP contribution in [0.5, 0.6) is 0 Å². The Bertz CT molecular complexity index is 766. The second-order valence-electron chi connectivity index (χ2n) is 11.8. The van der Waals surface area contributed by atoms with Gasteiger partial charge in [0.1, 0.15) is 0 Å². The fourth-order valence-corrected chi connectivity index (χ4v) is 8.77. The van der Waals surface area contributed by atoms with Crippen LogP contribution < -0.4 is 0 Å². The third-order valence-electron chi connectivity index (χ3n) is 10.6. The van der Waals surface area contributed by atoms with Gasteiger partial charge in [-0.05, 0) is 105 Å². The molecule has 6 unspecified atom stereocenters. The largest absolute Gasteiger partial charge is 0.393 e. The maximum absolute atomic E-state index is 12.3. The number of Topliss-reactive ketones (excluding diaryl/α,β-unsaturated/α-hetero) is 1. The molecule has 0 amide bonds. The second kappa shape index (κ2) is 7.59. The van der Waals surface area contributed by atoms with Crippen LogP contribution in [-0.2, 0) is 4.79 Å². The van der Waals surface area contributed by atoms with E-state index in [2.05, 4.69) is 19.9 Å². The number of carbonyl (C=O) groups is 1. The van der Waals surface area contributed by atoms with Crippen molar-refractivity contribution in [1.82, 2.24) is 0 Å². The van der Waals surface area contributed by atoms with E-state index in [4.69, 9.17) is 0 Å². The standard InChI is InChI=1S/C27H40O3/c1-26-11-9-21(29)15-20(26)5-7-22-23-8-6-19(27(23,2)12-10-24(22)26)13-17-3-4-18(16-28)25(30)14-17/h4-5,17,19,21-24,28-29H,3,6-16H2,1-2H3/t17?,19?,21?,22?,23?,24?,26-,27+/m0/s1. The van der Waals surface area contributed by atoms with Crippen LogP contribution in [0, 0.1) is 40.4 Å². The highest BCUT2D eigenvalue weighted by Crippen LogP contribution is 2.67. The van der Waals surface area contributed by atoms with Gasteiger partial charge >= 0.3 is 0 Å². The number of aliphatic hydroxyl groups excluding tert-OH is 2. The average molecular weight is 413 g/mol. The predicted molar refractivity (Wildman–Crippen MR) is 119 cm³/mol. The van der Waals surface area contributed by atoms with Gasteiger partial charge in [0.2, 0.25) is 0 Å². The molecule has 8 atom stereocenters. The fourth-order valence-electron chi connectivity index (χ4n) is 8.77. The molecule has 3 fully saturated rings. The minimum absolute atomic E-state index is 0.0941. The van der Waals surface area contributed by atoms with Gasteiger partial charge in [-0.15, -0.1) is 0 Å². The van der Waals surface area contributed by atoms with Crippen molar-refractivity contribution >= 4 is 5.78 Å². The summed E-state index contributed by atoms with van der Waals surface area (Å²) in [4.78, 5) is 12.3. The zero-order valence-corrected chi connectivity index (χ0v) is 18.9. The molecule has 0 aromatic rings. The molecule has 3 nitrogen and oxygen atoms in total. The molecule has 5 aliphatic carbocycles. The molecule has 0 saturated heterocycles. The van der Waals surface area contributed by atoms with Crippen molar-refractivity contribution in [3.05, 3.63) is 23.3 Å². The lowest BCUT2D eigenvalue weighted by Crippen LogP contribution is -2.50. The lowest BCUT2D eigenvalue weighted by atomic mass is 9.47. The monoisotopic (exact) mass is 412 g/mol. The summed E-state index contributed by atoms with van der Waals surface area (Å²) in [7, 11) is 0. The van der Waals surface area contributed by atoms with Gasteiger partial charge in [0, 0.05) is 12.0 Å². The van der Waals surface area contributed by atoms with Crippen molar-refractivity contribution in [2.45, 2.75) is 90.6 Å². The number of allylic oxidation sites excluding steroid dienone is 2. The van der Waals surface area contributed by atoms with E-state index < -0.39 is 0 Å². The summed E-state index contributed by atoms with van der Waals surface area (Å²) in [5, 5.41) is 19.6. The maximum atomic E-state index is 12.3. The van der Waals surface area contributed by atoms with Crippen molar-refractivity contribution in [3.8, 4) is 0 Å². The lowest BCUT2D eigenvalue weighted by molar-refractivity contribution is -0.117. The van der Waals surface area contributed by atoms with Crippen molar-refractivity contribution in [3.63, 3.8) is 0 Å². The molecule has 5 rings (SSSR count). The van der Waals surface area contributed by atoms with E-state index in [0.29, 0.717) is 28.7 Å². The molecule has 0 spiro atoms. The van der Waals surface area contributed by atoms with Crippen molar-refractivity contribution in [1.29, 1.82) is 0 Å². The Morgan fingerprint density at radius 3 is 2.60 bits per heavy atom. The van der Waals surface area contributed by atoms with E-state index in [1.165, 1.54) is 38.5 Å². The second-order valence-corrected chi connectivity index (χ2v) is 11.8. The molecule has 3 heteroatoms. The molecule has 2 N–H and O–H groups in total. The number of rotatable bonds is 3. The van der Waals surface area contributed by atoms with Crippen LogP contribution >= 0.6 is 0 Å². The van der Waals surface area contributed by atoms with Gasteiger partial charge in [0.05, 0.1) is 12.7 Å². The first-order valence-electron chi connectivity index (χ1n) is 12.6. The Morgan fingerprint density at radius 2 is 1.83 bits per heavy atom. The third-order valence-corrected chi connectivity index (χ3v) is 10.6. The summed E-state index contributed by atoms with van der Waals surface area (Å²) < 4.78 is 0. The highest BCUT2D eigenvalue weighted by atomic mass is 16.3. The predicted octanol–water partition coefficient (Wildman–Crippen LogP) is 5.21. The molecule has 3 saturated carbocycles. The minimum Gasteiger partial charge on any atom is -0.393 e. The first kappa shape index (κ1) is 20.9. The molecule has 0 aliphatic heterocycles. The fraction of sp³-hybridized carbons (Fsp3) is 0.815. The number of ketones is 1. The van der Waals surface area contributed by atoms with Crippen molar-refractivity contribution in [2.24, 2.45) is 40.4 Å². The molecule has 5 aliphatic rings. The third kappa shape index (κ3) is 3.18. The van der Waals surface area contributed by atoms with E-state index in [1.807, 2.05) is 6.08 Å².